The average Bonchev–Trinajstić information content (AvgIpc) is 2.36. The number of nitrogen functional groups attached to an aromatic ring is 1. The molecule has 0 aliphatic rings. The Bertz CT molecular complexity index is 456. The topological polar surface area (TPSA) is 77.2 Å². The number of nitrogens with two attached hydrogens (primary N) is 1. The minimum absolute atomic E-state index is 0.107. The van der Waals surface area contributed by atoms with Crippen molar-refractivity contribution in [3.8, 4) is 0 Å². The Labute approximate surface area is 114 Å². The van der Waals surface area contributed by atoms with Crippen LogP contribution in [0.15, 0.2) is 12.1 Å². The van der Waals surface area contributed by atoms with Crippen LogP contribution in [0.4, 0.5) is 11.5 Å². The number of methoxy groups -OCH3 is 1. The van der Waals surface area contributed by atoms with Crippen LogP contribution in [0.5, 0.6) is 0 Å². The minimum Gasteiger partial charge on any atom is -0.464 e. The molecule has 0 fully saturated rings. The molecule has 1 aromatic heterocycles. The number of anilines is 2. The number of hydrogen-bond donors (Lipinski definition) is 2. The van der Waals surface area contributed by atoms with Gasteiger partial charge in [0, 0.05) is 6.54 Å². The molecule has 0 saturated carbocycles. The molecule has 0 amide bonds. The van der Waals surface area contributed by atoms with Crippen LogP contribution in [0.3, 0.4) is 0 Å². The molecule has 106 valence electrons. The van der Waals surface area contributed by atoms with E-state index in [2.05, 4.69) is 42.7 Å². The number of nitrogens with zero attached hydrogens (tertiary/aromatic N) is 1. The van der Waals surface area contributed by atoms with Gasteiger partial charge in [-0.2, -0.15) is 0 Å². The predicted molar refractivity (Wildman–Crippen MR) is 77.1 cm³/mol. The number of pyridine rings is 1. The molecule has 1 aromatic rings. The van der Waals surface area contributed by atoms with E-state index in [4.69, 9.17) is 5.73 Å². The quantitative estimate of drug-likeness (QED) is 0.800. The summed E-state index contributed by atoms with van der Waals surface area (Å²) in [5, 5.41) is 3.21. The van der Waals surface area contributed by atoms with Crippen molar-refractivity contribution >= 4 is 17.5 Å². The van der Waals surface area contributed by atoms with Gasteiger partial charge < -0.3 is 15.8 Å². The first-order chi connectivity index (χ1) is 8.77. The Morgan fingerprint density at radius 2 is 2.11 bits per heavy atom. The largest absolute Gasteiger partial charge is 0.464 e. The summed E-state index contributed by atoms with van der Waals surface area (Å²) in [7, 11) is 1.33. The number of rotatable bonds is 5. The summed E-state index contributed by atoms with van der Waals surface area (Å²) in [6, 6.07) is 3.21. The average molecular weight is 265 g/mol. The molecule has 0 atom stereocenters. The molecule has 0 radical (unpaired) electrons. The molecule has 3 N–H and O–H groups in total. The molecular formula is C14H23N3O2. The second-order valence-electron chi connectivity index (χ2n) is 5.62. The number of aromatic nitrogens is 1. The molecular weight excluding hydrogens is 242 g/mol. The van der Waals surface area contributed by atoms with E-state index in [1.165, 1.54) is 7.11 Å². The summed E-state index contributed by atoms with van der Waals surface area (Å²) >= 11 is 0. The first-order valence-electron chi connectivity index (χ1n) is 6.36. The Balaban J connectivity index is 2.86. The van der Waals surface area contributed by atoms with Gasteiger partial charge in [0.05, 0.1) is 12.8 Å². The lowest BCUT2D eigenvalue weighted by atomic mass is 9.81. The molecule has 0 aliphatic carbocycles. The Morgan fingerprint density at radius 1 is 1.47 bits per heavy atom. The van der Waals surface area contributed by atoms with Gasteiger partial charge in [-0.05, 0) is 23.5 Å². The van der Waals surface area contributed by atoms with Gasteiger partial charge in [0.2, 0.25) is 0 Å². The number of ether oxygens (including phenoxy) is 1. The Kier molecular flexibility index (Phi) is 4.75. The van der Waals surface area contributed by atoms with Crippen molar-refractivity contribution in [1.82, 2.24) is 4.98 Å². The molecule has 0 aliphatic heterocycles. The van der Waals surface area contributed by atoms with Crippen LogP contribution < -0.4 is 11.1 Å². The van der Waals surface area contributed by atoms with Crippen molar-refractivity contribution < 1.29 is 9.53 Å². The van der Waals surface area contributed by atoms with Crippen LogP contribution >= 0.6 is 0 Å². The number of hydrogen-bond acceptors (Lipinski definition) is 5. The predicted octanol–water partition coefficient (Wildman–Crippen LogP) is 2.54. The summed E-state index contributed by atoms with van der Waals surface area (Å²) in [5.74, 6) is 0.577. The van der Waals surface area contributed by atoms with Gasteiger partial charge in [0.1, 0.15) is 5.82 Å². The number of carbonyl (C=O) groups is 1. The third kappa shape index (κ3) is 3.84. The zero-order valence-electron chi connectivity index (χ0n) is 12.3. The van der Waals surface area contributed by atoms with E-state index in [0.717, 1.165) is 6.54 Å². The number of esters is 1. The van der Waals surface area contributed by atoms with Crippen molar-refractivity contribution in [1.29, 1.82) is 0 Å². The SMILES string of the molecule is COC(=O)c1ccc(N)c(NCC(C)(C)C(C)C)n1. The molecule has 0 aromatic carbocycles. The van der Waals surface area contributed by atoms with Crippen molar-refractivity contribution in [3.63, 3.8) is 0 Å². The summed E-state index contributed by atoms with van der Waals surface area (Å²) in [5.41, 5.74) is 6.74. The summed E-state index contributed by atoms with van der Waals surface area (Å²) in [6.07, 6.45) is 0. The standard InChI is InChI=1S/C14H23N3O2/c1-9(2)14(3,4)8-16-12-10(15)6-7-11(17-12)13(18)19-5/h6-7,9H,8,15H2,1-5H3,(H,16,17). The first kappa shape index (κ1) is 15.3. The lowest BCUT2D eigenvalue weighted by Gasteiger charge is -2.29. The van der Waals surface area contributed by atoms with Crippen molar-refractivity contribution in [3.05, 3.63) is 17.8 Å². The fourth-order valence-corrected chi connectivity index (χ4v) is 1.35. The van der Waals surface area contributed by atoms with E-state index >= 15 is 0 Å². The molecule has 0 saturated heterocycles. The van der Waals surface area contributed by atoms with E-state index in [1.807, 2.05) is 0 Å². The fraction of sp³-hybridized carbons (Fsp3) is 0.571. The van der Waals surface area contributed by atoms with Gasteiger partial charge in [-0.25, -0.2) is 9.78 Å². The lowest BCUT2D eigenvalue weighted by molar-refractivity contribution is 0.0594. The summed E-state index contributed by atoms with van der Waals surface area (Å²) in [6.45, 7) is 9.41. The van der Waals surface area contributed by atoms with Crippen LogP contribution in [0.1, 0.15) is 38.2 Å². The van der Waals surface area contributed by atoms with E-state index in [-0.39, 0.29) is 11.1 Å². The van der Waals surface area contributed by atoms with Crippen molar-refractivity contribution in [2.75, 3.05) is 24.7 Å². The maximum atomic E-state index is 11.4. The van der Waals surface area contributed by atoms with Crippen LogP contribution in [0.25, 0.3) is 0 Å². The van der Waals surface area contributed by atoms with E-state index in [1.54, 1.807) is 12.1 Å². The molecule has 1 heterocycles. The van der Waals surface area contributed by atoms with Gasteiger partial charge in [-0.3, -0.25) is 0 Å². The molecule has 0 unspecified atom stereocenters. The van der Waals surface area contributed by atoms with E-state index in [0.29, 0.717) is 17.4 Å². The number of carbonyl (C=O) groups excluding carboxylic acids is 1. The third-order valence-electron chi connectivity index (χ3n) is 3.60. The normalized spacial score (nSPS) is 11.5. The maximum absolute atomic E-state index is 11.4. The monoisotopic (exact) mass is 265 g/mol. The van der Waals surface area contributed by atoms with Gasteiger partial charge in [-0.15, -0.1) is 0 Å². The summed E-state index contributed by atoms with van der Waals surface area (Å²) in [4.78, 5) is 15.6. The highest BCUT2D eigenvalue weighted by atomic mass is 16.5. The summed E-state index contributed by atoms with van der Waals surface area (Å²) < 4.78 is 4.64. The zero-order valence-corrected chi connectivity index (χ0v) is 12.3. The van der Waals surface area contributed by atoms with Gasteiger partial charge in [0.15, 0.2) is 5.69 Å². The van der Waals surface area contributed by atoms with Crippen LogP contribution in [-0.2, 0) is 4.74 Å². The zero-order chi connectivity index (χ0) is 14.6. The van der Waals surface area contributed by atoms with E-state index < -0.39 is 5.97 Å². The van der Waals surface area contributed by atoms with Crippen LogP contribution in [0, 0.1) is 11.3 Å². The minimum atomic E-state index is -0.467. The highest BCUT2D eigenvalue weighted by Gasteiger charge is 2.22. The van der Waals surface area contributed by atoms with Gasteiger partial charge >= 0.3 is 5.97 Å². The molecule has 19 heavy (non-hydrogen) atoms. The molecule has 0 spiro atoms. The molecule has 0 bridgehead atoms. The van der Waals surface area contributed by atoms with Crippen molar-refractivity contribution in [2.45, 2.75) is 27.7 Å². The van der Waals surface area contributed by atoms with Crippen molar-refractivity contribution in [2.24, 2.45) is 11.3 Å². The first-order valence-corrected chi connectivity index (χ1v) is 6.36. The smallest absolute Gasteiger partial charge is 0.356 e. The lowest BCUT2D eigenvalue weighted by Crippen LogP contribution is -2.29. The number of nitrogens with one attached hydrogen (secondary N) is 1. The van der Waals surface area contributed by atoms with E-state index in [9.17, 15) is 4.79 Å². The van der Waals surface area contributed by atoms with Crippen LogP contribution in [0.2, 0.25) is 0 Å². The highest BCUT2D eigenvalue weighted by molar-refractivity contribution is 5.88. The molecule has 1 rings (SSSR count). The molecule has 5 heteroatoms. The van der Waals surface area contributed by atoms with Gasteiger partial charge in [-0.1, -0.05) is 27.7 Å². The fourth-order valence-electron chi connectivity index (χ4n) is 1.35. The van der Waals surface area contributed by atoms with Gasteiger partial charge in [0.25, 0.3) is 0 Å². The second kappa shape index (κ2) is 5.91. The highest BCUT2D eigenvalue weighted by Crippen LogP contribution is 2.27. The maximum Gasteiger partial charge on any atom is 0.356 e. The Hall–Kier alpha value is -1.78. The third-order valence-corrected chi connectivity index (χ3v) is 3.60. The van der Waals surface area contributed by atoms with Crippen LogP contribution in [-0.4, -0.2) is 24.6 Å². The Morgan fingerprint density at radius 3 is 2.63 bits per heavy atom. The molecule has 5 nitrogen and oxygen atoms in total. The second-order valence-corrected chi connectivity index (χ2v) is 5.62.